The number of thiocarbonyl (C=S) groups is 1. The van der Waals surface area contributed by atoms with Crippen molar-refractivity contribution in [3.8, 4) is 11.3 Å². The molecule has 0 aliphatic carbocycles. The molecular weight excluding hydrogens is 543 g/mol. The predicted octanol–water partition coefficient (Wildman–Crippen LogP) is 6.72. The third kappa shape index (κ3) is 5.26. The number of anilines is 2. The highest BCUT2D eigenvalue weighted by Gasteiger charge is 2.42. The molecule has 7 nitrogen and oxygen atoms in total. The van der Waals surface area contributed by atoms with Crippen LogP contribution in [-0.4, -0.2) is 29.7 Å². The van der Waals surface area contributed by atoms with Gasteiger partial charge in [0.15, 0.2) is 5.11 Å². The minimum absolute atomic E-state index is 0.0705. The Bertz CT molecular complexity index is 1490. The van der Waals surface area contributed by atoms with E-state index in [9.17, 15) is 4.79 Å². The van der Waals surface area contributed by atoms with Gasteiger partial charge in [-0.3, -0.25) is 9.78 Å². The van der Waals surface area contributed by atoms with E-state index in [1.165, 1.54) is 7.11 Å². The molecule has 1 amide bonds. The Kier molecular flexibility index (Phi) is 7.67. The van der Waals surface area contributed by atoms with Crippen molar-refractivity contribution >= 4 is 57.8 Å². The minimum Gasteiger partial charge on any atom is -0.459 e. The first kappa shape index (κ1) is 26.2. The lowest BCUT2D eigenvalue weighted by molar-refractivity contribution is -0.119. The number of methoxy groups -OCH3 is 1. The number of aromatic nitrogens is 1. The molecule has 4 aromatic rings. The van der Waals surface area contributed by atoms with Crippen molar-refractivity contribution in [2.45, 2.75) is 19.0 Å². The number of hydrogen-bond acceptors (Lipinski definition) is 5. The Hall–Kier alpha value is -3.43. The van der Waals surface area contributed by atoms with Crippen molar-refractivity contribution in [3.63, 3.8) is 0 Å². The largest absolute Gasteiger partial charge is 0.459 e. The van der Waals surface area contributed by atoms with E-state index in [1.54, 1.807) is 18.3 Å². The number of halogens is 2. The summed E-state index contributed by atoms with van der Waals surface area (Å²) in [6.45, 7) is 1.94. The van der Waals surface area contributed by atoms with Crippen molar-refractivity contribution < 1.29 is 13.9 Å². The molecule has 0 radical (unpaired) electrons. The number of pyridine rings is 1. The molecule has 0 bridgehead atoms. The second-order valence-corrected chi connectivity index (χ2v) is 10.0. The molecule has 194 valence electrons. The third-order valence-corrected chi connectivity index (χ3v) is 7.12. The molecule has 1 fully saturated rings. The van der Waals surface area contributed by atoms with Gasteiger partial charge in [0.2, 0.25) is 5.91 Å². The molecule has 2 N–H and O–H groups in total. The summed E-state index contributed by atoms with van der Waals surface area (Å²) in [6, 6.07) is 20.0. The fourth-order valence-corrected chi connectivity index (χ4v) is 5.25. The van der Waals surface area contributed by atoms with Crippen LogP contribution in [0.4, 0.5) is 11.4 Å². The fraction of sp³-hybridized carbons (Fsp3) is 0.179. The molecule has 0 saturated carbocycles. The van der Waals surface area contributed by atoms with Crippen molar-refractivity contribution in [2.24, 2.45) is 0 Å². The SMILES string of the molecule is COCC(=O)Nc1ccc(N2C(=S)N[C@H](c3ccccn3)[C@H]2c2ccc(-c3cc(Cl)ccc3C)o2)cc1Cl. The highest BCUT2D eigenvalue weighted by molar-refractivity contribution is 7.80. The normalized spacial score (nSPS) is 16.9. The third-order valence-electron chi connectivity index (χ3n) is 6.26. The molecule has 1 saturated heterocycles. The van der Waals surface area contributed by atoms with E-state index in [2.05, 4.69) is 15.6 Å². The summed E-state index contributed by atoms with van der Waals surface area (Å²) >= 11 is 18.6. The molecule has 2 aromatic carbocycles. The lowest BCUT2D eigenvalue weighted by Gasteiger charge is -2.26. The summed E-state index contributed by atoms with van der Waals surface area (Å²) in [5.41, 5.74) is 3.99. The Morgan fingerprint density at radius 1 is 1.16 bits per heavy atom. The second kappa shape index (κ2) is 11.1. The number of nitrogens with zero attached hydrogens (tertiary/aromatic N) is 2. The van der Waals surface area contributed by atoms with Crippen LogP contribution >= 0.6 is 35.4 Å². The van der Waals surface area contributed by atoms with Crippen LogP contribution in [0, 0.1) is 6.92 Å². The Morgan fingerprint density at radius 2 is 2.00 bits per heavy atom. The van der Waals surface area contributed by atoms with Gasteiger partial charge in [-0.1, -0.05) is 35.3 Å². The highest BCUT2D eigenvalue weighted by Crippen LogP contribution is 2.44. The van der Waals surface area contributed by atoms with Crippen molar-refractivity contribution in [1.82, 2.24) is 10.3 Å². The van der Waals surface area contributed by atoms with Crippen LogP contribution in [0.2, 0.25) is 10.0 Å². The van der Waals surface area contributed by atoms with E-state index in [-0.39, 0.29) is 24.6 Å². The first-order valence-corrected chi connectivity index (χ1v) is 13.0. The number of aryl methyl sites for hydroxylation is 1. The number of hydrogen-bond donors (Lipinski definition) is 2. The van der Waals surface area contributed by atoms with E-state index in [0.29, 0.717) is 32.4 Å². The number of ether oxygens (including phenoxy) is 1. The predicted molar refractivity (Wildman–Crippen MR) is 154 cm³/mol. The maximum absolute atomic E-state index is 12.0. The van der Waals surface area contributed by atoms with Crippen molar-refractivity contribution in [1.29, 1.82) is 0 Å². The number of rotatable bonds is 7. The van der Waals surface area contributed by atoms with Gasteiger partial charge in [0.05, 0.1) is 22.4 Å². The standard InChI is InChI=1S/C28H24Cl2N4O3S/c1-16-6-7-17(29)13-19(16)23-10-11-24(37-23)27-26(22-5-3-4-12-31-22)33-28(38)34(27)18-8-9-21(20(30)14-18)32-25(35)15-36-2/h3-14,26-27H,15H2,1-2H3,(H,32,35)(H,33,38)/t26-,27-/m1/s1. The number of carbonyl (C=O) groups excluding carboxylic acids is 1. The van der Waals surface area contributed by atoms with Gasteiger partial charge < -0.3 is 24.7 Å². The van der Waals surface area contributed by atoms with Crippen LogP contribution in [-0.2, 0) is 9.53 Å². The van der Waals surface area contributed by atoms with Crippen LogP contribution in [0.25, 0.3) is 11.3 Å². The molecule has 0 spiro atoms. The number of carbonyl (C=O) groups is 1. The average Bonchev–Trinajstić information content (AvgIpc) is 3.52. The van der Waals surface area contributed by atoms with Gasteiger partial charge in [0.1, 0.15) is 24.2 Å². The van der Waals surface area contributed by atoms with Crippen LogP contribution in [0.1, 0.15) is 29.1 Å². The van der Waals surface area contributed by atoms with Gasteiger partial charge in [-0.05, 0) is 79.3 Å². The lowest BCUT2D eigenvalue weighted by Crippen LogP contribution is -2.29. The van der Waals surface area contributed by atoms with E-state index in [1.807, 2.05) is 66.4 Å². The second-order valence-electron chi connectivity index (χ2n) is 8.80. The van der Waals surface area contributed by atoms with Crippen LogP contribution in [0.15, 0.2) is 77.3 Å². The minimum atomic E-state index is -0.365. The number of amides is 1. The van der Waals surface area contributed by atoms with E-state index < -0.39 is 0 Å². The van der Waals surface area contributed by atoms with E-state index in [0.717, 1.165) is 22.5 Å². The molecule has 0 unspecified atom stereocenters. The summed E-state index contributed by atoms with van der Waals surface area (Å²) in [7, 11) is 1.46. The topological polar surface area (TPSA) is 79.6 Å². The summed E-state index contributed by atoms with van der Waals surface area (Å²) < 4.78 is 11.3. The average molecular weight is 567 g/mol. The molecule has 2 atom stereocenters. The zero-order valence-corrected chi connectivity index (χ0v) is 22.9. The molecule has 10 heteroatoms. The molecule has 3 heterocycles. The summed E-state index contributed by atoms with van der Waals surface area (Å²) in [4.78, 5) is 18.5. The van der Waals surface area contributed by atoms with Crippen molar-refractivity contribution in [2.75, 3.05) is 23.9 Å². The smallest absolute Gasteiger partial charge is 0.250 e. The van der Waals surface area contributed by atoms with Crippen LogP contribution in [0.3, 0.4) is 0 Å². The Labute approximate surface area is 235 Å². The molecule has 2 aromatic heterocycles. The van der Waals surface area contributed by atoms with E-state index in [4.69, 9.17) is 44.6 Å². The quantitative estimate of drug-likeness (QED) is 0.240. The van der Waals surface area contributed by atoms with E-state index >= 15 is 0 Å². The molecule has 5 rings (SSSR count). The van der Waals surface area contributed by atoms with Gasteiger partial charge in [0, 0.05) is 29.6 Å². The van der Waals surface area contributed by atoms with Crippen molar-refractivity contribution in [3.05, 3.63) is 100.0 Å². The summed E-state index contributed by atoms with van der Waals surface area (Å²) in [5, 5.41) is 7.64. The zero-order valence-electron chi connectivity index (χ0n) is 20.6. The maximum atomic E-state index is 12.0. The summed E-state index contributed by atoms with van der Waals surface area (Å²) in [5.74, 6) is 1.09. The van der Waals surface area contributed by atoms with Gasteiger partial charge in [0.25, 0.3) is 0 Å². The van der Waals surface area contributed by atoms with Gasteiger partial charge >= 0.3 is 0 Å². The first-order chi connectivity index (χ1) is 18.4. The number of nitrogens with one attached hydrogen (secondary N) is 2. The fourth-order valence-electron chi connectivity index (χ4n) is 4.51. The number of benzene rings is 2. The van der Waals surface area contributed by atoms with Crippen LogP contribution in [0.5, 0.6) is 0 Å². The zero-order chi connectivity index (χ0) is 26.8. The maximum Gasteiger partial charge on any atom is 0.250 e. The monoisotopic (exact) mass is 566 g/mol. The van der Waals surface area contributed by atoms with Gasteiger partial charge in [-0.25, -0.2) is 0 Å². The molecular formula is C28H24Cl2N4O3S. The van der Waals surface area contributed by atoms with Gasteiger partial charge in [-0.2, -0.15) is 0 Å². The molecule has 38 heavy (non-hydrogen) atoms. The molecule has 1 aliphatic rings. The number of furan rings is 1. The Balaban J connectivity index is 1.55. The first-order valence-electron chi connectivity index (χ1n) is 11.8. The van der Waals surface area contributed by atoms with Gasteiger partial charge in [-0.15, -0.1) is 0 Å². The Morgan fingerprint density at radius 3 is 2.74 bits per heavy atom. The summed E-state index contributed by atoms with van der Waals surface area (Å²) in [6.07, 6.45) is 1.75. The van der Waals surface area contributed by atoms with Crippen LogP contribution < -0.4 is 15.5 Å². The molecule has 1 aliphatic heterocycles. The highest BCUT2D eigenvalue weighted by atomic mass is 35.5. The lowest BCUT2D eigenvalue weighted by atomic mass is 10.0.